The van der Waals surface area contributed by atoms with Crippen LogP contribution in [0, 0.1) is 0 Å². The smallest absolute Gasteiger partial charge is 0.330 e. The molecule has 0 aliphatic rings. The van der Waals surface area contributed by atoms with Crippen molar-refractivity contribution in [1.29, 1.82) is 0 Å². The second-order valence-electron chi connectivity index (χ2n) is 3.91. The van der Waals surface area contributed by atoms with Crippen LogP contribution < -0.4 is 5.73 Å². The summed E-state index contributed by atoms with van der Waals surface area (Å²) in [6, 6.07) is -0.937. The summed E-state index contributed by atoms with van der Waals surface area (Å²) in [5.41, 5.74) is 6.45. The molecule has 0 aromatic carbocycles. The Morgan fingerprint density at radius 2 is 2.12 bits per heavy atom. The predicted octanol–water partition coefficient (Wildman–Crippen LogP) is 2.81. The van der Waals surface area contributed by atoms with Crippen LogP contribution in [-0.2, 0) is 0 Å². The van der Waals surface area contributed by atoms with Gasteiger partial charge in [-0.3, -0.25) is 0 Å². The molecule has 1 unspecified atom stereocenters. The third-order valence-electron chi connectivity index (χ3n) is 2.52. The first kappa shape index (κ1) is 13.0. The SMILES string of the molecule is CC[C@@H](N)c1cncn1C(C)CC(F)(F)F. The van der Waals surface area contributed by atoms with Gasteiger partial charge in [0, 0.05) is 18.3 Å². The number of aromatic nitrogens is 2. The summed E-state index contributed by atoms with van der Waals surface area (Å²) in [7, 11) is 0. The van der Waals surface area contributed by atoms with E-state index in [4.69, 9.17) is 5.73 Å². The van der Waals surface area contributed by atoms with Crippen molar-refractivity contribution in [3.05, 3.63) is 18.2 Å². The number of alkyl halides is 3. The zero-order chi connectivity index (χ0) is 12.3. The number of halogens is 3. The van der Waals surface area contributed by atoms with Gasteiger partial charge in [0.25, 0.3) is 0 Å². The van der Waals surface area contributed by atoms with Crippen molar-refractivity contribution in [3.8, 4) is 0 Å². The first-order chi connectivity index (χ1) is 7.35. The van der Waals surface area contributed by atoms with Gasteiger partial charge in [0.2, 0.25) is 0 Å². The van der Waals surface area contributed by atoms with Crippen LogP contribution in [0.25, 0.3) is 0 Å². The van der Waals surface area contributed by atoms with E-state index in [1.807, 2.05) is 6.92 Å². The number of nitrogens with two attached hydrogens (primary N) is 1. The molecule has 0 bridgehead atoms. The maximum absolute atomic E-state index is 12.2. The summed E-state index contributed by atoms with van der Waals surface area (Å²) in [6.45, 7) is 3.40. The van der Waals surface area contributed by atoms with Crippen molar-refractivity contribution in [1.82, 2.24) is 9.55 Å². The normalized spacial score (nSPS) is 16.1. The lowest BCUT2D eigenvalue weighted by Gasteiger charge is -2.20. The second-order valence-corrected chi connectivity index (χ2v) is 3.91. The van der Waals surface area contributed by atoms with Gasteiger partial charge in [0.15, 0.2) is 0 Å². The lowest BCUT2D eigenvalue weighted by molar-refractivity contribution is -0.141. The van der Waals surface area contributed by atoms with E-state index in [1.54, 1.807) is 0 Å². The molecule has 0 aliphatic heterocycles. The topological polar surface area (TPSA) is 43.8 Å². The molecule has 3 nitrogen and oxygen atoms in total. The minimum atomic E-state index is -4.17. The van der Waals surface area contributed by atoms with E-state index in [9.17, 15) is 13.2 Å². The first-order valence-corrected chi connectivity index (χ1v) is 5.19. The van der Waals surface area contributed by atoms with Crippen LogP contribution in [0.15, 0.2) is 12.5 Å². The van der Waals surface area contributed by atoms with Crippen LogP contribution in [0.3, 0.4) is 0 Å². The third kappa shape index (κ3) is 3.23. The number of imidazole rings is 1. The molecule has 1 rings (SSSR count). The van der Waals surface area contributed by atoms with Gasteiger partial charge in [-0.15, -0.1) is 0 Å². The van der Waals surface area contributed by atoms with Crippen molar-refractivity contribution in [2.45, 2.75) is 44.9 Å². The highest BCUT2D eigenvalue weighted by atomic mass is 19.4. The van der Waals surface area contributed by atoms with Gasteiger partial charge in [-0.1, -0.05) is 6.92 Å². The summed E-state index contributed by atoms with van der Waals surface area (Å²) in [6.07, 6.45) is -1.43. The third-order valence-corrected chi connectivity index (χ3v) is 2.52. The number of nitrogens with zero attached hydrogens (tertiary/aromatic N) is 2. The van der Waals surface area contributed by atoms with Crippen LogP contribution in [0.1, 0.15) is 44.5 Å². The molecule has 0 amide bonds. The molecule has 92 valence electrons. The van der Waals surface area contributed by atoms with E-state index < -0.39 is 18.6 Å². The fourth-order valence-electron chi connectivity index (χ4n) is 1.61. The van der Waals surface area contributed by atoms with Crippen molar-refractivity contribution < 1.29 is 13.2 Å². The van der Waals surface area contributed by atoms with Crippen LogP contribution in [-0.4, -0.2) is 15.7 Å². The lowest BCUT2D eigenvalue weighted by Crippen LogP contribution is -2.21. The van der Waals surface area contributed by atoms with Gasteiger partial charge in [0.1, 0.15) is 0 Å². The van der Waals surface area contributed by atoms with Gasteiger partial charge >= 0.3 is 6.18 Å². The molecule has 0 fully saturated rings. The van der Waals surface area contributed by atoms with E-state index in [0.717, 1.165) is 0 Å². The van der Waals surface area contributed by atoms with Gasteiger partial charge in [0.05, 0.1) is 18.4 Å². The van der Waals surface area contributed by atoms with Crippen LogP contribution in [0.5, 0.6) is 0 Å². The highest BCUT2D eigenvalue weighted by Gasteiger charge is 2.31. The average molecular weight is 235 g/mol. The Morgan fingerprint density at radius 3 is 2.62 bits per heavy atom. The molecule has 16 heavy (non-hydrogen) atoms. The molecule has 6 heteroatoms. The van der Waals surface area contributed by atoms with Crippen molar-refractivity contribution >= 4 is 0 Å². The Balaban J connectivity index is 2.83. The zero-order valence-corrected chi connectivity index (χ0v) is 9.33. The number of rotatable bonds is 4. The molecule has 0 radical (unpaired) electrons. The summed E-state index contributed by atoms with van der Waals surface area (Å²) >= 11 is 0. The summed E-state index contributed by atoms with van der Waals surface area (Å²) in [5.74, 6) is 0. The zero-order valence-electron chi connectivity index (χ0n) is 9.33. The maximum Gasteiger partial charge on any atom is 0.391 e. The average Bonchev–Trinajstić information content (AvgIpc) is 2.62. The standard InChI is InChI=1S/C10H16F3N3/c1-3-8(14)9-5-15-6-16(9)7(2)4-10(11,12)13/h5-8H,3-4,14H2,1-2H3/t7?,8-/m1/s1. The minimum absolute atomic E-state index is 0.266. The van der Waals surface area contributed by atoms with E-state index >= 15 is 0 Å². The summed E-state index contributed by atoms with van der Waals surface area (Å²) in [5, 5.41) is 0. The molecule has 2 atom stereocenters. The quantitative estimate of drug-likeness (QED) is 0.872. The molecule has 1 heterocycles. The fraction of sp³-hybridized carbons (Fsp3) is 0.700. The predicted molar refractivity (Wildman–Crippen MR) is 54.8 cm³/mol. The van der Waals surface area contributed by atoms with Crippen molar-refractivity contribution in [2.24, 2.45) is 5.73 Å². The number of hydrogen-bond acceptors (Lipinski definition) is 2. The van der Waals surface area contributed by atoms with Gasteiger partial charge in [-0.05, 0) is 13.3 Å². The summed E-state index contributed by atoms with van der Waals surface area (Å²) < 4.78 is 38.2. The Hall–Kier alpha value is -1.04. The molecule has 0 saturated carbocycles. The van der Waals surface area contributed by atoms with Crippen LogP contribution >= 0.6 is 0 Å². The van der Waals surface area contributed by atoms with E-state index in [0.29, 0.717) is 12.1 Å². The largest absolute Gasteiger partial charge is 0.391 e. The monoisotopic (exact) mass is 235 g/mol. The molecule has 1 aromatic heterocycles. The first-order valence-electron chi connectivity index (χ1n) is 5.19. The highest BCUT2D eigenvalue weighted by Crippen LogP contribution is 2.29. The molecule has 2 N–H and O–H groups in total. The Morgan fingerprint density at radius 1 is 1.50 bits per heavy atom. The van der Waals surface area contributed by atoms with Gasteiger partial charge in [-0.2, -0.15) is 13.2 Å². The molecular weight excluding hydrogens is 219 g/mol. The van der Waals surface area contributed by atoms with Gasteiger partial charge < -0.3 is 10.3 Å². The number of hydrogen-bond donors (Lipinski definition) is 1. The molecule has 0 saturated heterocycles. The van der Waals surface area contributed by atoms with E-state index in [1.165, 1.54) is 24.0 Å². The molecule has 0 aliphatic carbocycles. The van der Waals surface area contributed by atoms with Gasteiger partial charge in [-0.25, -0.2) is 4.98 Å². The molecular formula is C10H16F3N3. The van der Waals surface area contributed by atoms with Crippen LogP contribution in [0.4, 0.5) is 13.2 Å². The Labute approximate surface area is 92.5 Å². The molecule has 1 aromatic rings. The van der Waals surface area contributed by atoms with Crippen molar-refractivity contribution in [2.75, 3.05) is 0 Å². The van der Waals surface area contributed by atoms with Crippen molar-refractivity contribution in [3.63, 3.8) is 0 Å². The molecule has 0 spiro atoms. The fourth-order valence-corrected chi connectivity index (χ4v) is 1.61. The minimum Gasteiger partial charge on any atom is -0.330 e. The lowest BCUT2D eigenvalue weighted by atomic mass is 10.1. The Bertz CT molecular complexity index is 332. The maximum atomic E-state index is 12.2. The van der Waals surface area contributed by atoms with Crippen LogP contribution in [0.2, 0.25) is 0 Å². The second kappa shape index (κ2) is 4.86. The van der Waals surface area contributed by atoms with E-state index in [2.05, 4.69) is 4.98 Å². The van der Waals surface area contributed by atoms with E-state index in [-0.39, 0.29) is 6.04 Å². The summed E-state index contributed by atoms with van der Waals surface area (Å²) in [4.78, 5) is 3.86. The Kier molecular flexibility index (Phi) is 3.96. The highest BCUT2D eigenvalue weighted by molar-refractivity contribution is 5.05.